The third-order valence-electron chi connectivity index (χ3n) is 3.27. The summed E-state index contributed by atoms with van der Waals surface area (Å²) in [5, 5.41) is 5.37. The van der Waals surface area contributed by atoms with E-state index < -0.39 is 17.6 Å². The normalized spacial score (nSPS) is 11.9. The largest absolute Gasteiger partial charge is 0.455 e. The first-order valence-corrected chi connectivity index (χ1v) is 7.70. The lowest BCUT2D eigenvalue weighted by atomic mass is 10.1. The minimum absolute atomic E-state index is 0.0263. The number of benzene rings is 1. The number of rotatable bonds is 6. The highest BCUT2D eigenvalue weighted by molar-refractivity contribution is 7.80. The molecule has 0 atom stereocenters. The van der Waals surface area contributed by atoms with Crippen molar-refractivity contribution in [3.8, 4) is 11.3 Å². The summed E-state index contributed by atoms with van der Waals surface area (Å²) in [5.74, 6) is -0.952. The lowest BCUT2D eigenvalue weighted by molar-refractivity contribution is -0.139. The maximum Gasteiger partial charge on any atom is 0.419 e. The topological polar surface area (TPSA) is 64.0 Å². The van der Waals surface area contributed by atoms with Crippen LogP contribution in [0.4, 0.5) is 17.6 Å². The number of alkyl halides is 3. The summed E-state index contributed by atoms with van der Waals surface area (Å²) in [6, 6.07) is 5.59. The van der Waals surface area contributed by atoms with E-state index in [2.05, 4.69) is 5.10 Å². The summed E-state index contributed by atoms with van der Waals surface area (Å²) in [6.07, 6.45) is -3.48. The Balaban J connectivity index is 2.22. The van der Waals surface area contributed by atoms with E-state index in [-0.39, 0.29) is 22.2 Å². The maximum absolute atomic E-state index is 13.4. The molecule has 1 aromatic carbocycles. The summed E-state index contributed by atoms with van der Waals surface area (Å²) >= 11 is 4.85. The molecule has 0 spiro atoms. The van der Waals surface area contributed by atoms with Crippen LogP contribution in [0.25, 0.3) is 11.3 Å². The van der Waals surface area contributed by atoms with Crippen LogP contribution in [-0.4, -0.2) is 36.6 Å². The van der Waals surface area contributed by atoms with Gasteiger partial charge in [-0.15, -0.1) is 0 Å². The molecule has 2 N–H and O–H groups in total. The van der Waals surface area contributed by atoms with Gasteiger partial charge in [0, 0.05) is 12.7 Å². The highest BCUT2D eigenvalue weighted by Crippen LogP contribution is 2.34. The van der Waals surface area contributed by atoms with Gasteiger partial charge in [-0.3, -0.25) is 0 Å². The standard InChI is InChI=1S/C16H15F4N3O2S/c1-24-7-6-23(15(21)26)22-9-11-3-5-14(25-11)10-2-4-13(17)12(8-10)16(18,19)20/h2-5,8-9H,6-7H2,1H3,(H2,21,26). The smallest absolute Gasteiger partial charge is 0.419 e. The van der Waals surface area contributed by atoms with E-state index in [1.54, 1.807) is 0 Å². The zero-order valence-corrected chi connectivity index (χ0v) is 14.4. The van der Waals surface area contributed by atoms with E-state index in [1.165, 1.54) is 36.5 Å². The van der Waals surface area contributed by atoms with Crippen LogP contribution in [-0.2, 0) is 10.9 Å². The van der Waals surface area contributed by atoms with Gasteiger partial charge in [-0.05, 0) is 42.5 Å². The van der Waals surface area contributed by atoms with Gasteiger partial charge in [-0.2, -0.15) is 18.3 Å². The second kappa shape index (κ2) is 8.28. The zero-order chi connectivity index (χ0) is 19.3. The molecule has 0 unspecified atom stereocenters. The van der Waals surface area contributed by atoms with Crippen molar-refractivity contribution in [2.75, 3.05) is 20.3 Å². The van der Waals surface area contributed by atoms with Crippen molar-refractivity contribution in [1.82, 2.24) is 5.01 Å². The predicted molar refractivity (Wildman–Crippen MR) is 92.1 cm³/mol. The molecular weight excluding hydrogens is 374 g/mol. The van der Waals surface area contributed by atoms with Gasteiger partial charge in [0.05, 0.1) is 24.9 Å². The molecule has 0 saturated heterocycles. The van der Waals surface area contributed by atoms with Crippen LogP contribution in [0.1, 0.15) is 11.3 Å². The van der Waals surface area contributed by atoms with Gasteiger partial charge in [0.25, 0.3) is 0 Å². The Morgan fingerprint density at radius 2 is 2.08 bits per heavy atom. The number of hydrazone groups is 1. The first-order valence-electron chi connectivity index (χ1n) is 7.29. The molecule has 0 fully saturated rings. The highest BCUT2D eigenvalue weighted by atomic mass is 32.1. The minimum atomic E-state index is -4.80. The Bertz CT molecular complexity index is 805. The number of hydrogen-bond donors (Lipinski definition) is 1. The lowest BCUT2D eigenvalue weighted by Crippen LogP contribution is -2.33. The van der Waals surface area contributed by atoms with E-state index >= 15 is 0 Å². The first-order chi connectivity index (χ1) is 12.2. The molecule has 5 nitrogen and oxygen atoms in total. The number of ether oxygens (including phenoxy) is 1. The number of thiocarbonyl (C=S) groups is 1. The summed E-state index contributed by atoms with van der Waals surface area (Å²) < 4.78 is 62.1. The second-order valence-electron chi connectivity index (χ2n) is 5.09. The molecule has 0 aliphatic heterocycles. The van der Waals surface area contributed by atoms with Crippen molar-refractivity contribution >= 4 is 23.5 Å². The average Bonchev–Trinajstić information content (AvgIpc) is 3.03. The molecule has 140 valence electrons. The van der Waals surface area contributed by atoms with E-state index in [4.69, 9.17) is 27.1 Å². The van der Waals surface area contributed by atoms with Crippen molar-refractivity contribution in [2.24, 2.45) is 10.8 Å². The zero-order valence-electron chi connectivity index (χ0n) is 13.6. The number of nitrogens with two attached hydrogens (primary N) is 1. The van der Waals surface area contributed by atoms with Gasteiger partial charge in [0.1, 0.15) is 17.3 Å². The van der Waals surface area contributed by atoms with Crippen LogP contribution in [0, 0.1) is 5.82 Å². The fraction of sp³-hybridized carbons (Fsp3) is 0.250. The van der Waals surface area contributed by atoms with Crippen LogP contribution in [0.5, 0.6) is 0 Å². The van der Waals surface area contributed by atoms with Gasteiger partial charge in [0.2, 0.25) is 0 Å². The molecule has 0 saturated carbocycles. The minimum Gasteiger partial charge on any atom is -0.455 e. The number of hydrogen-bond acceptors (Lipinski definition) is 4. The van der Waals surface area contributed by atoms with Crippen molar-refractivity contribution in [3.63, 3.8) is 0 Å². The van der Waals surface area contributed by atoms with Crippen molar-refractivity contribution in [2.45, 2.75) is 6.18 Å². The Kier molecular flexibility index (Phi) is 6.32. The van der Waals surface area contributed by atoms with Gasteiger partial charge in [-0.1, -0.05) is 0 Å². The van der Waals surface area contributed by atoms with Crippen molar-refractivity contribution < 1.29 is 26.7 Å². The fourth-order valence-electron chi connectivity index (χ4n) is 2.00. The number of nitrogens with zero attached hydrogens (tertiary/aromatic N) is 2. The Hall–Kier alpha value is -2.46. The van der Waals surface area contributed by atoms with E-state index in [9.17, 15) is 17.6 Å². The van der Waals surface area contributed by atoms with E-state index in [0.717, 1.165) is 6.07 Å². The molecule has 0 bridgehead atoms. The van der Waals surface area contributed by atoms with Crippen molar-refractivity contribution in [1.29, 1.82) is 0 Å². The number of furan rings is 1. The Morgan fingerprint density at radius 1 is 1.35 bits per heavy atom. The maximum atomic E-state index is 13.4. The molecule has 0 amide bonds. The fourth-order valence-corrected chi connectivity index (χ4v) is 2.14. The second-order valence-corrected chi connectivity index (χ2v) is 5.51. The lowest BCUT2D eigenvalue weighted by Gasteiger charge is -2.15. The molecular formula is C16H15F4N3O2S. The van der Waals surface area contributed by atoms with Crippen LogP contribution in [0.2, 0.25) is 0 Å². The molecule has 10 heteroatoms. The van der Waals surface area contributed by atoms with E-state index in [1.807, 2.05) is 0 Å². The molecule has 0 radical (unpaired) electrons. The van der Waals surface area contributed by atoms with Gasteiger partial charge in [-0.25, -0.2) is 9.40 Å². The molecule has 2 rings (SSSR count). The molecule has 2 aromatic rings. The number of methoxy groups -OCH3 is 1. The quantitative estimate of drug-likeness (QED) is 0.354. The van der Waals surface area contributed by atoms with Crippen LogP contribution in [0.15, 0.2) is 39.9 Å². The average molecular weight is 389 g/mol. The van der Waals surface area contributed by atoms with Gasteiger partial charge in [0.15, 0.2) is 5.11 Å². The monoisotopic (exact) mass is 389 g/mol. The molecule has 1 heterocycles. The Morgan fingerprint density at radius 3 is 2.69 bits per heavy atom. The Labute approximate surface area is 152 Å². The molecule has 0 aliphatic carbocycles. The first kappa shape index (κ1) is 19.9. The summed E-state index contributed by atoms with van der Waals surface area (Å²) in [7, 11) is 1.51. The summed E-state index contributed by atoms with van der Waals surface area (Å²) in [6.45, 7) is 0.663. The predicted octanol–water partition coefficient (Wildman–Crippen LogP) is 3.63. The van der Waals surface area contributed by atoms with Gasteiger partial charge >= 0.3 is 6.18 Å². The molecule has 0 aliphatic rings. The van der Waals surface area contributed by atoms with Crippen LogP contribution >= 0.6 is 12.2 Å². The summed E-state index contributed by atoms with van der Waals surface area (Å²) in [5.41, 5.74) is 4.25. The molecule has 1 aromatic heterocycles. The molecule has 26 heavy (non-hydrogen) atoms. The number of halogens is 4. The third-order valence-corrected chi connectivity index (χ3v) is 3.48. The summed E-state index contributed by atoms with van der Waals surface area (Å²) in [4.78, 5) is 0. The van der Waals surface area contributed by atoms with Gasteiger partial charge < -0.3 is 14.9 Å². The van der Waals surface area contributed by atoms with Crippen molar-refractivity contribution in [3.05, 3.63) is 47.5 Å². The van der Waals surface area contributed by atoms with Crippen LogP contribution in [0.3, 0.4) is 0 Å². The van der Waals surface area contributed by atoms with E-state index in [0.29, 0.717) is 19.2 Å². The highest BCUT2D eigenvalue weighted by Gasteiger charge is 2.34. The SMILES string of the molecule is COCCN(N=Cc1ccc(-c2ccc(F)c(C(F)(F)F)c2)o1)C(N)=S. The van der Waals surface area contributed by atoms with Crippen LogP contribution < -0.4 is 5.73 Å². The third kappa shape index (κ3) is 5.02.